The molecule has 0 bridgehead atoms. The summed E-state index contributed by atoms with van der Waals surface area (Å²) in [7, 11) is -1.90. The summed E-state index contributed by atoms with van der Waals surface area (Å²) in [5.74, 6) is 0.0253. The first-order chi connectivity index (χ1) is 9.75. The lowest BCUT2D eigenvalue weighted by Crippen LogP contribution is -2.18. The Kier molecular flexibility index (Phi) is 5.95. The second-order valence-corrected chi connectivity index (χ2v) is 6.96. The molecule has 1 heterocycles. The molecule has 2 N–H and O–H groups in total. The zero-order chi connectivity index (χ0) is 16.0. The van der Waals surface area contributed by atoms with Crippen LogP contribution in [0, 0.1) is 0 Å². The fourth-order valence-corrected chi connectivity index (χ4v) is 1.90. The molecule has 1 rings (SSSR count). The number of pyridine rings is 1. The summed E-state index contributed by atoms with van der Waals surface area (Å²) in [6.07, 6.45) is 2.00. The van der Waals surface area contributed by atoms with Crippen LogP contribution in [-0.2, 0) is 14.6 Å². The molecule has 7 nitrogen and oxygen atoms in total. The smallest absolute Gasteiger partial charge is 0.338 e. The van der Waals surface area contributed by atoms with Gasteiger partial charge in [0.2, 0.25) is 0 Å². The highest BCUT2D eigenvalue weighted by Gasteiger charge is 2.12. The van der Waals surface area contributed by atoms with E-state index >= 15 is 0 Å². The number of ether oxygens (including phenoxy) is 1. The Hall–Kier alpha value is -1.83. The topological polar surface area (TPSA) is 97.4 Å². The summed E-state index contributed by atoms with van der Waals surface area (Å²) in [6, 6.07) is 3.20. The van der Waals surface area contributed by atoms with E-state index < -0.39 is 15.8 Å². The molecule has 0 aliphatic rings. The van der Waals surface area contributed by atoms with Crippen LogP contribution < -0.4 is 10.6 Å². The van der Waals surface area contributed by atoms with Gasteiger partial charge in [-0.2, -0.15) is 0 Å². The number of anilines is 2. The van der Waals surface area contributed by atoms with Crippen molar-refractivity contribution < 1.29 is 17.9 Å². The van der Waals surface area contributed by atoms with Gasteiger partial charge in [0.05, 0.1) is 12.7 Å². The van der Waals surface area contributed by atoms with Crippen LogP contribution in [0.1, 0.15) is 30.6 Å². The van der Waals surface area contributed by atoms with E-state index in [2.05, 4.69) is 20.4 Å². The van der Waals surface area contributed by atoms with E-state index in [-0.39, 0.29) is 11.9 Å². The van der Waals surface area contributed by atoms with Gasteiger partial charge >= 0.3 is 5.97 Å². The molecule has 21 heavy (non-hydrogen) atoms. The maximum absolute atomic E-state index is 11.7. The molecule has 118 valence electrons. The van der Waals surface area contributed by atoms with E-state index in [9.17, 15) is 13.2 Å². The molecule has 0 spiro atoms. The number of hydrogen-bond acceptors (Lipinski definition) is 7. The number of methoxy groups -OCH3 is 1. The fourth-order valence-electron chi connectivity index (χ4n) is 1.49. The van der Waals surface area contributed by atoms with Crippen LogP contribution in [0.25, 0.3) is 0 Å². The summed E-state index contributed by atoms with van der Waals surface area (Å²) >= 11 is 0. The summed E-state index contributed by atoms with van der Waals surface area (Å²) < 4.78 is 27.1. The Bertz CT molecular complexity index is 601. The first kappa shape index (κ1) is 17.2. The van der Waals surface area contributed by atoms with E-state index in [0.717, 1.165) is 12.7 Å². The highest BCUT2D eigenvalue weighted by molar-refractivity contribution is 7.90. The van der Waals surface area contributed by atoms with E-state index in [1.165, 1.54) is 13.2 Å². The molecule has 0 saturated heterocycles. The molecule has 0 unspecified atom stereocenters. The highest BCUT2D eigenvalue weighted by atomic mass is 32.2. The van der Waals surface area contributed by atoms with Crippen molar-refractivity contribution in [3.63, 3.8) is 0 Å². The number of carbonyl (C=O) groups is 1. The third-order valence-electron chi connectivity index (χ3n) is 2.77. The number of carbonyl (C=O) groups excluding carboxylic acids is 1. The quantitative estimate of drug-likeness (QED) is 0.736. The van der Waals surface area contributed by atoms with Crippen LogP contribution in [0.4, 0.5) is 11.6 Å². The molecule has 0 aromatic carbocycles. The van der Waals surface area contributed by atoms with Gasteiger partial charge in [-0.3, -0.25) is 0 Å². The molecule has 0 aliphatic carbocycles. The van der Waals surface area contributed by atoms with Crippen LogP contribution in [0.3, 0.4) is 0 Å². The van der Waals surface area contributed by atoms with Crippen molar-refractivity contribution >= 4 is 27.4 Å². The van der Waals surface area contributed by atoms with Crippen molar-refractivity contribution in [3.8, 4) is 0 Å². The minimum absolute atomic E-state index is 0.174. The van der Waals surface area contributed by atoms with Crippen molar-refractivity contribution in [1.82, 2.24) is 4.98 Å². The molecule has 0 fully saturated rings. The first-order valence-corrected chi connectivity index (χ1v) is 8.59. The van der Waals surface area contributed by atoms with Crippen LogP contribution in [0.5, 0.6) is 0 Å². The third-order valence-corrected chi connectivity index (χ3v) is 3.44. The van der Waals surface area contributed by atoms with Crippen molar-refractivity contribution in [2.45, 2.75) is 26.3 Å². The van der Waals surface area contributed by atoms with E-state index in [1.807, 2.05) is 13.8 Å². The van der Waals surface area contributed by atoms with Gasteiger partial charge in [-0.1, -0.05) is 6.92 Å². The maximum Gasteiger partial charge on any atom is 0.338 e. The lowest BCUT2D eigenvalue weighted by atomic mass is 10.2. The molecule has 0 amide bonds. The molecule has 0 saturated carbocycles. The van der Waals surface area contributed by atoms with Crippen LogP contribution in [0.2, 0.25) is 0 Å². The number of nitrogens with zero attached hydrogens (tertiary/aromatic N) is 1. The van der Waals surface area contributed by atoms with Crippen molar-refractivity contribution in [1.29, 1.82) is 0 Å². The van der Waals surface area contributed by atoms with Crippen LogP contribution in [0.15, 0.2) is 12.1 Å². The van der Waals surface area contributed by atoms with Crippen molar-refractivity contribution in [3.05, 3.63) is 17.7 Å². The first-order valence-electron chi connectivity index (χ1n) is 6.53. The molecule has 1 atom stereocenters. The lowest BCUT2D eigenvalue weighted by Gasteiger charge is -2.14. The zero-order valence-corrected chi connectivity index (χ0v) is 13.5. The normalized spacial score (nSPS) is 12.6. The number of sulfone groups is 1. The Labute approximate surface area is 125 Å². The van der Waals surface area contributed by atoms with Crippen LogP contribution >= 0.6 is 0 Å². The van der Waals surface area contributed by atoms with Gasteiger partial charge in [-0.25, -0.2) is 18.2 Å². The minimum atomic E-state index is -3.19. The monoisotopic (exact) mass is 315 g/mol. The number of aromatic nitrogens is 1. The Morgan fingerprint density at radius 1 is 1.38 bits per heavy atom. The number of hydrogen-bond donors (Lipinski definition) is 2. The predicted octanol–water partition coefficient (Wildman–Crippen LogP) is 1.49. The average Bonchev–Trinajstić information content (AvgIpc) is 2.43. The lowest BCUT2D eigenvalue weighted by molar-refractivity contribution is 0.0600. The summed E-state index contributed by atoms with van der Waals surface area (Å²) in [5.41, 5.74) is 0.300. The van der Waals surface area contributed by atoms with Gasteiger partial charge in [0.15, 0.2) is 9.84 Å². The molecular weight excluding hydrogens is 294 g/mol. The second kappa shape index (κ2) is 7.26. The van der Waals surface area contributed by atoms with Gasteiger partial charge in [-0.15, -0.1) is 0 Å². The van der Waals surface area contributed by atoms with Gasteiger partial charge in [-0.05, 0) is 25.5 Å². The van der Waals surface area contributed by atoms with Crippen LogP contribution in [-0.4, -0.2) is 44.7 Å². The fraction of sp³-hybridized carbons (Fsp3) is 0.538. The largest absolute Gasteiger partial charge is 0.465 e. The van der Waals surface area contributed by atoms with Gasteiger partial charge in [0.25, 0.3) is 0 Å². The zero-order valence-electron chi connectivity index (χ0n) is 12.6. The van der Waals surface area contributed by atoms with E-state index in [0.29, 0.717) is 17.2 Å². The molecule has 1 aromatic heterocycles. The average molecular weight is 315 g/mol. The SMILES string of the molecule is CC[C@H](C)Nc1cc(C(=O)OC)cc(NCS(C)(=O)=O)n1. The number of esters is 1. The molecule has 0 radical (unpaired) electrons. The summed E-state index contributed by atoms with van der Waals surface area (Å²) in [6.45, 7) is 4.00. The van der Waals surface area contributed by atoms with E-state index in [1.54, 1.807) is 6.07 Å². The highest BCUT2D eigenvalue weighted by Crippen LogP contribution is 2.16. The molecule has 8 heteroatoms. The van der Waals surface area contributed by atoms with Gasteiger partial charge in [0.1, 0.15) is 17.5 Å². The van der Waals surface area contributed by atoms with E-state index in [4.69, 9.17) is 0 Å². The molecule has 1 aromatic rings. The third kappa shape index (κ3) is 5.99. The van der Waals surface area contributed by atoms with Crippen molar-refractivity contribution in [2.24, 2.45) is 0 Å². The van der Waals surface area contributed by atoms with Crippen molar-refractivity contribution in [2.75, 3.05) is 29.9 Å². The standard InChI is InChI=1S/C13H21N3O4S/c1-5-9(2)15-12-7-10(13(17)20-3)6-11(16-12)14-8-21(4,18)19/h6-7,9H,5,8H2,1-4H3,(H2,14,15,16)/t9-/m0/s1. The van der Waals surface area contributed by atoms with Gasteiger partial charge < -0.3 is 15.4 Å². The Morgan fingerprint density at radius 3 is 2.52 bits per heavy atom. The Balaban J connectivity index is 3.05. The number of rotatable bonds is 7. The molecule has 0 aliphatic heterocycles. The predicted molar refractivity (Wildman–Crippen MR) is 82.3 cm³/mol. The maximum atomic E-state index is 11.7. The summed E-state index contributed by atoms with van der Waals surface area (Å²) in [4.78, 5) is 15.9. The summed E-state index contributed by atoms with van der Waals surface area (Å²) in [5, 5.41) is 5.83. The minimum Gasteiger partial charge on any atom is -0.465 e. The Morgan fingerprint density at radius 2 is 2.00 bits per heavy atom. The number of nitrogens with one attached hydrogen (secondary N) is 2. The molecular formula is C13H21N3O4S. The van der Waals surface area contributed by atoms with Gasteiger partial charge in [0, 0.05) is 12.3 Å². The second-order valence-electron chi connectivity index (χ2n) is 4.82.